The summed E-state index contributed by atoms with van der Waals surface area (Å²) in [5.74, 6) is 1.64. The molecule has 0 bridgehead atoms. The van der Waals surface area contributed by atoms with Gasteiger partial charge in [-0.3, -0.25) is 0 Å². The number of fused-ring (bicyclic) bond motifs is 1. The number of aryl methyl sites for hydroxylation is 1. The predicted molar refractivity (Wildman–Crippen MR) is 81.0 cm³/mol. The van der Waals surface area contributed by atoms with E-state index in [-0.39, 0.29) is 17.6 Å². The first-order valence-corrected chi connectivity index (χ1v) is 7.06. The lowest BCUT2D eigenvalue weighted by Crippen LogP contribution is -2.16. The molecule has 0 aromatic heterocycles. The van der Waals surface area contributed by atoms with Gasteiger partial charge in [-0.2, -0.15) is 0 Å². The molecule has 116 valence electrons. The fraction of sp³-hybridized carbons (Fsp3) is 0.294. The van der Waals surface area contributed by atoms with E-state index in [2.05, 4.69) is 0 Å². The Bertz CT molecular complexity index is 696. The molecule has 0 saturated carbocycles. The van der Waals surface area contributed by atoms with Crippen LogP contribution in [0.1, 0.15) is 23.7 Å². The Morgan fingerprint density at radius 3 is 2.55 bits per heavy atom. The van der Waals surface area contributed by atoms with Gasteiger partial charge in [-0.05, 0) is 36.6 Å². The van der Waals surface area contributed by atoms with Gasteiger partial charge in [-0.15, -0.1) is 0 Å². The number of phenolic OH excluding ortho intramolecular Hbond substituents is 2. The molecule has 2 aromatic rings. The fourth-order valence-electron chi connectivity index (χ4n) is 2.81. The van der Waals surface area contributed by atoms with Gasteiger partial charge in [0.15, 0.2) is 11.5 Å². The van der Waals surface area contributed by atoms with Crippen LogP contribution in [0.3, 0.4) is 0 Å². The van der Waals surface area contributed by atoms with Crippen molar-refractivity contribution in [2.75, 3.05) is 14.2 Å². The van der Waals surface area contributed by atoms with Crippen LogP contribution >= 0.6 is 0 Å². The summed E-state index contributed by atoms with van der Waals surface area (Å²) in [7, 11) is 3.01. The largest absolute Gasteiger partial charge is 0.508 e. The maximum absolute atomic E-state index is 9.86. The lowest BCUT2D eigenvalue weighted by Gasteiger charge is -2.28. The summed E-state index contributed by atoms with van der Waals surface area (Å²) in [6.45, 7) is 0. The molecule has 0 spiro atoms. The van der Waals surface area contributed by atoms with Crippen molar-refractivity contribution in [3.8, 4) is 28.7 Å². The molecular formula is C17H18O5. The van der Waals surface area contributed by atoms with Crippen molar-refractivity contribution in [3.63, 3.8) is 0 Å². The van der Waals surface area contributed by atoms with Crippen LogP contribution in [0, 0.1) is 0 Å². The third kappa shape index (κ3) is 2.39. The van der Waals surface area contributed by atoms with Crippen LogP contribution in [0.4, 0.5) is 0 Å². The molecule has 22 heavy (non-hydrogen) atoms. The Balaban J connectivity index is 1.99. The highest BCUT2D eigenvalue weighted by molar-refractivity contribution is 5.56. The van der Waals surface area contributed by atoms with Crippen LogP contribution in [-0.2, 0) is 6.42 Å². The maximum Gasteiger partial charge on any atom is 0.203 e. The second-order valence-corrected chi connectivity index (χ2v) is 5.18. The molecule has 2 aromatic carbocycles. The van der Waals surface area contributed by atoms with E-state index >= 15 is 0 Å². The van der Waals surface area contributed by atoms with E-state index in [1.165, 1.54) is 14.2 Å². The van der Waals surface area contributed by atoms with Crippen molar-refractivity contribution in [2.24, 2.45) is 0 Å². The summed E-state index contributed by atoms with van der Waals surface area (Å²) in [4.78, 5) is 0. The molecule has 0 fully saturated rings. The van der Waals surface area contributed by atoms with Crippen molar-refractivity contribution in [1.29, 1.82) is 0 Å². The van der Waals surface area contributed by atoms with Gasteiger partial charge in [-0.1, -0.05) is 6.07 Å². The molecule has 5 nitrogen and oxygen atoms in total. The monoisotopic (exact) mass is 302 g/mol. The fourth-order valence-corrected chi connectivity index (χ4v) is 2.81. The van der Waals surface area contributed by atoms with Gasteiger partial charge in [-0.25, -0.2) is 0 Å². The third-order valence-corrected chi connectivity index (χ3v) is 3.87. The van der Waals surface area contributed by atoms with Crippen molar-refractivity contribution in [2.45, 2.75) is 18.9 Å². The van der Waals surface area contributed by atoms with Gasteiger partial charge in [0.1, 0.15) is 17.6 Å². The highest BCUT2D eigenvalue weighted by Crippen LogP contribution is 2.45. The summed E-state index contributed by atoms with van der Waals surface area (Å²) >= 11 is 0. The van der Waals surface area contributed by atoms with Crippen LogP contribution < -0.4 is 14.2 Å². The normalized spacial score (nSPS) is 16.5. The average Bonchev–Trinajstić information content (AvgIpc) is 2.53. The smallest absolute Gasteiger partial charge is 0.203 e. The van der Waals surface area contributed by atoms with Crippen LogP contribution in [-0.4, -0.2) is 24.4 Å². The van der Waals surface area contributed by atoms with Gasteiger partial charge < -0.3 is 24.4 Å². The lowest BCUT2D eigenvalue weighted by atomic mass is 9.96. The minimum Gasteiger partial charge on any atom is -0.508 e. The summed E-state index contributed by atoms with van der Waals surface area (Å²) in [6, 6.07) is 8.49. The van der Waals surface area contributed by atoms with Crippen molar-refractivity contribution in [3.05, 3.63) is 41.5 Å². The van der Waals surface area contributed by atoms with Gasteiger partial charge in [0.2, 0.25) is 5.75 Å². The first kappa shape index (κ1) is 14.4. The molecule has 0 aliphatic carbocycles. The summed E-state index contributed by atoms with van der Waals surface area (Å²) in [5.41, 5.74) is 1.88. The molecule has 1 aliphatic heterocycles. The van der Waals surface area contributed by atoms with Crippen molar-refractivity contribution < 1.29 is 24.4 Å². The average molecular weight is 302 g/mol. The highest BCUT2D eigenvalue weighted by atomic mass is 16.5. The minimum atomic E-state index is -0.223. The Kier molecular flexibility index (Phi) is 3.71. The molecule has 1 aliphatic rings. The van der Waals surface area contributed by atoms with Crippen LogP contribution in [0.15, 0.2) is 30.3 Å². The Hall–Kier alpha value is -2.56. The van der Waals surface area contributed by atoms with Gasteiger partial charge in [0.25, 0.3) is 0 Å². The zero-order chi connectivity index (χ0) is 15.7. The molecule has 1 atom stereocenters. The molecule has 3 rings (SSSR count). The van der Waals surface area contributed by atoms with Crippen molar-refractivity contribution >= 4 is 0 Å². The molecule has 0 radical (unpaired) electrons. The molecule has 0 amide bonds. The number of hydrogen-bond acceptors (Lipinski definition) is 5. The molecule has 0 unspecified atom stereocenters. The molecular weight excluding hydrogens is 284 g/mol. The van der Waals surface area contributed by atoms with Crippen molar-refractivity contribution in [1.82, 2.24) is 0 Å². The third-order valence-electron chi connectivity index (χ3n) is 3.87. The van der Waals surface area contributed by atoms with Crippen LogP contribution in [0.5, 0.6) is 28.7 Å². The topological polar surface area (TPSA) is 68.2 Å². The van der Waals surface area contributed by atoms with E-state index in [0.29, 0.717) is 17.2 Å². The zero-order valence-corrected chi connectivity index (χ0v) is 12.5. The Labute approximate surface area is 128 Å². The highest BCUT2D eigenvalue weighted by Gasteiger charge is 2.27. The minimum absolute atomic E-state index is 0.0250. The molecule has 5 heteroatoms. The number of methoxy groups -OCH3 is 2. The van der Waals surface area contributed by atoms with Crippen LogP contribution in [0.25, 0.3) is 0 Å². The number of benzene rings is 2. The second-order valence-electron chi connectivity index (χ2n) is 5.18. The molecule has 1 heterocycles. The second kappa shape index (κ2) is 5.67. The van der Waals surface area contributed by atoms with E-state index in [9.17, 15) is 10.2 Å². The number of ether oxygens (including phenoxy) is 3. The number of hydrogen-bond donors (Lipinski definition) is 2. The predicted octanol–water partition coefficient (Wildman–Crippen LogP) is 3.18. The Morgan fingerprint density at radius 2 is 1.82 bits per heavy atom. The van der Waals surface area contributed by atoms with E-state index < -0.39 is 0 Å². The number of phenols is 2. The SMILES string of the molecule is COc1c(O)ccc([C@@H]2CCc3ccc(O)cc3O2)c1OC. The van der Waals surface area contributed by atoms with E-state index in [1.54, 1.807) is 24.3 Å². The van der Waals surface area contributed by atoms with Gasteiger partial charge in [0.05, 0.1) is 14.2 Å². The van der Waals surface area contributed by atoms with E-state index in [1.807, 2.05) is 6.07 Å². The Morgan fingerprint density at radius 1 is 1.05 bits per heavy atom. The zero-order valence-electron chi connectivity index (χ0n) is 12.5. The quantitative estimate of drug-likeness (QED) is 0.911. The van der Waals surface area contributed by atoms with E-state index in [0.717, 1.165) is 24.0 Å². The number of rotatable bonds is 3. The first-order valence-electron chi connectivity index (χ1n) is 7.06. The van der Waals surface area contributed by atoms with E-state index in [4.69, 9.17) is 14.2 Å². The molecule has 2 N–H and O–H groups in total. The lowest BCUT2D eigenvalue weighted by molar-refractivity contribution is 0.170. The van der Waals surface area contributed by atoms with Gasteiger partial charge >= 0.3 is 0 Å². The summed E-state index contributed by atoms with van der Waals surface area (Å²) in [5, 5.41) is 19.5. The standard InChI is InChI=1S/C17H18O5/c1-20-16-12(6-7-13(19)17(16)21-2)14-8-4-10-3-5-11(18)9-15(10)22-14/h3,5-7,9,14,18-19H,4,8H2,1-2H3/t14-/m0/s1. The summed E-state index contributed by atoms with van der Waals surface area (Å²) < 4.78 is 16.6. The molecule has 0 saturated heterocycles. The number of aromatic hydroxyl groups is 2. The summed E-state index contributed by atoms with van der Waals surface area (Å²) in [6.07, 6.45) is 1.40. The maximum atomic E-state index is 9.86. The van der Waals surface area contributed by atoms with Crippen LogP contribution in [0.2, 0.25) is 0 Å². The van der Waals surface area contributed by atoms with Gasteiger partial charge in [0, 0.05) is 11.6 Å². The first-order chi connectivity index (χ1) is 10.6.